The number of hydrogen-bond acceptors (Lipinski definition) is 7. The third kappa shape index (κ3) is 7.76. The summed E-state index contributed by atoms with van der Waals surface area (Å²) in [7, 11) is 0. The predicted octanol–water partition coefficient (Wildman–Crippen LogP) is 2.52. The van der Waals surface area contributed by atoms with Gasteiger partial charge in [-0.15, -0.1) is 0 Å². The highest BCUT2D eigenvalue weighted by atomic mass is 16.6. The molecule has 40 heavy (non-hydrogen) atoms. The van der Waals surface area contributed by atoms with Crippen LogP contribution in [0.3, 0.4) is 0 Å². The number of benzene rings is 1. The minimum Gasteiger partial charge on any atom is -0.444 e. The van der Waals surface area contributed by atoms with E-state index in [0.29, 0.717) is 11.3 Å². The molecule has 10 heteroatoms. The van der Waals surface area contributed by atoms with Crippen LogP contribution in [0.25, 0.3) is 12.2 Å². The summed E-state index contributed by atoms with van der Waals surface area (Å²) in [6.45, 7) is 5.15. The first kappa shape index (κ1) is 28.0. The summed E-state index contributed by atoms with van der Waals surface area (Å²) in [6, 6.07) is 10.5. The summed E-state index contributed by atoms with van der Waals surface area (Å²) in [5.74, 6) is -0.624. The lowest BCUT2D eigenvalue weighted by atomic mass is 10.1. The van der Waals surface area contributed by atoms with Gasteiger partial charge in [0, 0.05) is 0 Å². The molecule has 0 spiro atoms. The van der Waals surface area contributed by atoms with Crippen LogP contribution in [-0.4, -0.2) is 32.6 Å². The number of allylic oxidation sites excluding steroid dienone is 4. The van der Waals surface area contributed by atoms with Crippen molar-refractivity contribution in [3.8, 4) is 5.75 Å². The third-order valence-corrected chi connectivity index (χ3v) is 5.62. The van der Waals surface area contributed by atoms with Crippen LogP contribution in [-0.2, 0) is 9.53 Å². The van der Waals surface area contributed by atoms with E-state index in [-0.39, 0.29) is 16.4 Å². The van der Waals surface area contributed by atoms with E-state index in [1.165, 1.54) is 24.4 Å². The zero-order valence-corrected chi connectivity index (χ0v) is 22.4. The van der Waals surface area contributed by atoms with E-state index in [9.17, 15) is 19.2 Å². The van der Waals surface area contributed by atoms with Crippen molar-refractivity contribution in [2.45, 2.75) is 45.3 Å². The van der Waals surface area contributed by atoms with Crippen molar-refractivity contribution in [3.63, 3.8) is 0 Å². The van der Waals surface area contributed by atoms with Crippen LogP contribution in [0, 0.1) is 0 Å². The fourth-order valence-electron chi connectivity index (χ4n) is 3.81. The first-order valence-electron chi connectivity index (χ1n) is 12.7. The summed E-state index contributed by atoms with van der Waals surface area (Å²) in [5.41, 5.74) is 0.0355. The molecule has 10 nitrogen and oxygen atoms in total. The van der Waals surface area contributed by atoms with Crippen LogP contribution in [0.2, 0.25) is 0 Å². The molecule has 1 aromatic carbocycles. The number of rotatable bonds is 6. The van der Waals surface area contributed by atoms with Crippen LogP contribution in [0.4, 0.5) is 4.79 Å². The minimum absolute atomic E-state index is 0.0262. The number of aromatic amines is 2. The van der Waals surface area contributed by atoms with Crippen molar-refractivity contribution in [1.82, 2.24) is 20.3 Å². The van der Waals surface area contributed by atoms with E-state index in [1.807, 2.05) is 18.2 Å². The highest BCUT2D eigenvalue weighted by molar-refractivity contribution is 5.84. The fraction of sp³-hybridized carbons (Fsp3) is 0.233. The lowest BCUT2D eigenvalue weighted by molar-refractivity contribution is -0.137. The Bertz CT molecular complexity index is 1680. The minimum atomic E-state index is -1.12. The van der Waals surface area contributed by atoms with Crippen molar-refractivity contribution < 1.29 is 19.1 Å². The zero-order chi connectivity index (χ0) is 28.7. The molecule has 0 saturated heterocycles. The highest BCUT2D eigenvalue weighted by Crippen LogP contribution is 2.19. The number of esters is 1. The summed E-state index contributed by atoms with van der Waals surface area (Å²) in [6.07, 6.45) is 11.3. The Hall–Kier alpha value is -4.99. The Morgan fingerprint density at radius 3 is 2.27 bits per heavy atom. The molecule has 1 amide bonds. The zero-order valence-electron chi connectivity index (χ0n) is 22.4. The van der Waals surface area contributed by atoms with Gasteiger partial charge in [-0.25, -0.2) is 9.59 Å². The first-order chi connectivity index (χ1) is 19.1. The molecule has 1 atom stereocenters. The molecule has 3 N–H and O–H groups in total. The smallest absolute Gasteiger partial charge is 0.408 e. The van der Waals surface area contributed by atoms with Gasteiger partial charge in [0.05, 0.1) is 11.9 Å². The number of carbonyl (C=O) groups is 2. The largest absolute Gasteiger partial charge is 0.444 e. The molecule has 1 aliphatic rings. The molecular weight excluding hydrogens is 512 g/mol. The van der Waals surface area contributed by atoms with E-state index >= 15 is 0 Å². The molecule has 0 bridgehead atoms. The van der Waals surface area contributed by atoms with Gasteiger partial charge < -0.3 is 24.8 Å². The monoisotopic (exact) mass is 542 g/mol. The van der Waals surface area contributed by atoms with E-state index in [2.05, 4.69) is 20.3 Å². The van der Waals surface area contributed by atoms with Crippen LogP contribution < -0.4 is 31.9 Å². The van der Waals surface area contributed by atoms with Gasteiger partial charge in [0.25, 0.3) is 11.1 Å². The molecule has 4 rings (SSSR count). The maximum Gasteiger partial charge on any atom is 0.408 e. The molecule has 1 aliphatic carbocycles. The van der Waals surface area contributed by atoms with Crippen molar-refractivity contribution in [1.29, 1.82) is 0 Å². The first-order valence-corrected chi connectivity index (χ1v) is 12.7. The quantitative estimate of drug-likeness (QED) is 0.406. The number of carbonyl (C=O) groups excluding carboxylic acids is 2. The third-order valence-electron chi connectivity index (χ3n) is 5.62. The van der Waals surface area contributed by atoms with Gasteiger partial charge in [0.2, 0.25) is 0 Å². The second kappa shape index (κ2) is 12.2. The Balaban J connectivity index is 1.52. The summed E-state index contributed by atoms with van der Waals surface area (Å²) < 4.78 is 10.8. The molecule has 0 fully saturated rings. The summed E-state index contributed by atoms with van der Waals surface area (Å²) in [5, 5.41) is 2.73. The van der Waals surface area contributed by atoms with Crippen LogP contribution in [0.1, 0.15) is 50.9 Å². The van der Waals surface area contributed by atoms with Gasteiger partial charge in [-0.3, -0.25) is 14.6 Å². The molecule has 2 heterocycles. The number of nitrogens with zero attached hydrogens (tertiary/aromatic N) is 1. The molecule has 1 unspecified atom stereocenters. The van der Waals surface area contributed by atoms with Gasteiger partial charge in [-0.1, -0.05) is 48.6 Å². The molecule has 206 valence electrons. The van der Waals surface area contributed by atoms with E-state index in [4.69, 9.17) is 9.47 Å². The van der Waals surface area contributed by atoms with Crippen LogP contribution in [0.5, 0.6) is 5.75 Å². The molecule has 2 aromatic heterocycles. The number of pyridine rings is 1. The second-order valence-corrected chi connectivity index (χ2v) is 10.0. The normalized spacial score (nSPS) is 14.8. The number of alkyl carbamates (subject to hydrolysis) is 1. The maximum absolute atomic E-state index is 13.0. The van der Waals surface area contributed by atoms with E-state index < -0.39 is 34.8 Å². The van der Waals surface area contributed by atoms with Crippen molar-refractivity contribution in [3.05, 3.63) is 115 Å². The Kier molecular flexibility index (Phi) is 8.58. The average Bonchev–Trinajstić information content (AvgIpc) is 2.91. The SMILES string of the molecule is CC(C)(C)OC(=O)NC(C(=O)Oc1ccc(/C=c2\[nH]c(=O)/c(=C/C3=CCCC=C3)[nH]c2=O)nc1)c1ccccc1. The van der Waals surface area contributed by atoms with Gasteiger partial charge >= 0.3 is 12.1 Å². The van der Waals surface area contributed by atoms with Gasteiger partial charge in [-0.05, 0) is 69.0 Å². The van der Waals surface area contributed by atoms with Crippen LogP contribution in [0.15, 0.2) is 82.1 Å². The van der Waals surface area contributed by atoms with E-state index in [1.54, 1.807) is 57.2 Å². The van der Waals surface area contributed by atoms with Crippen molar-refractivity contribution >= 4 is 24.2 Å². The highest BCUT2D eigenvalue weighted by Gasteiger charge is 2.27. The standard InChI is InChI=1S/C30H30N4O6/c1-30(2,3)40-29(38)34-25(20-12-8-5-9-13-20)28(37)39-22-15-14-21(31-18-22)17-24-27(36)32-23(26(35)33-24)16-19-10-6-4-7-11-19/h5-6,8-18,25H,4,7H2,1-3H3,(H,32,36)(H,33,35)(H,34,38)/b23-16-,24-17-. The number of H-pyrrole nitrogens is 2. The Labute approximate surface area is 229 Å². The van der Waals surface area contributed by atoms with Gasteiger partial charge in [0.1, 0.15) is 22.0 Å². The maximum atomic E-state index is 13.0. The number of hydrogen-bond donors (Lipinski definition) is 3. The lowest BCUT2D eigenvalue weighted by Gasteiger charge is -2.23. The van der Waals surface area contributed by atoms with Crippen LogP contribution >= 0.6 is 0 Å². The number of aromatic nitrogens is 3. The van der Waals surface area contributed by atoms with Gasteiger partial charge in [-0.2, -0.15) is 0 Å². The van der Waals surface area contributed by atoms with Gasteiger partial charge in [0.15, 0.2) is 6.04 Å². The van der Waals surface area contributed by atoms with Crippen molar-refractivity contribution in [2.24, 2.45) is 0 Å². The fourth-order valence-corrected chi connectivity index (χ4v) is 3.81. The number of ether oxygens (including phenoxy) is 2. The molecule has 0 saturated carbocycles. The molecule has 3 aromatic rings. The summed E-state index contributed by atoms with van der Waals surface area (Å²) in [4.78, 5) is 59.9. The average molecular weight is 543 g/mol. The Morgan fingerprint density at radius 1 is 0.975 bits per heavy atom. The molecule has 0 aliphatic heterocycles. The van der Waals surface area contributed by atoms with Crippen molar-refractivity contribution in [2.75, 3.05) is 0 Å². The number of nitrogens with one attached hydrogen (secondary N) is 3. The Morgan fingerprint density at radius 2 is 1.68 bits per heavy atom. The summed E-state index contributed by atoms with van der Waals surface area (Å²) >= 11 is 0. The lowest BCUT2D eigenvalue weighted by Crippen LogP contribution is -2.46. The van der Waals surface area contributed by atoms with E-state index in [0.717, 1.165) is 18.4 Å². The number of amides is 1. The second-order valence-electron chi connectivity index (χ2n) is 10.0. The topological polar surface area (TPSA) is 143 Å². The predicted molar refractivity (Wildman–Crippen MR) is 150 cm³/mol. The molecule has 0 radical (unpaired) electrons. The molecular formula is C30H30N4O6.